The third kappa shape index (κ3) is 1.75. The van der Waals surface area contributed by atoms with Gasteiger partial charge in [0, 0.05) is 4.47 Å². The Labute approximate surface area is 113 Å². The van der Waals surface area contributed by atoms with Crippen LogP contribution in [0.2, 0.25) is 0 Å². The lowest BCUT2D eigenvalue weighted by Gasteiger charge is -2.07. The molecule has 3 rings (SSSR count). The van der Waals surface area contributed by atoms with Crippen LogP contribution in [0.1, 0.15) is 12.5 Å². The summed E-state index contributed by atoms with van der Waals surface area (Å²) in [5, 5.41) is 2.16. The van der Waals surface area contributed by atoms with E-state index < -0.39 is 0 Å². The second-order valence-electron chi connectivity index (χ2n) is 4.33. The third-order valence-electron chi connectivity index (χ3n) is 3.08. The van der Waals surface area contributed by atoms with Gasteiger partial charge in [0.1, 0.15) is 6.10 Å². The van der Waals surface area contributed by atoms with E-state index in [1.54, 1.807) is 0 Å². The van der Waals surface area contributed by atoms with Crippen molar-refractivity contribution in [3.63, 3.8) is 0 Å². The van der Waals surface area contributed by atoms with Gasteiger partial charge in [0.2, 0.25) is 0 Å². The van der Waals surface area contributed by atoms with Crippen molar-refractivity contribution < 1.29 is 9.53 Å². The maximum Gasteiger partial charge on any atom is 0.339 e. The van der Waals surface area contributed by atoms with Crippen molar-refractivity contribution in [3.05, 3.63) is 52.5 Å². The number of benzene rings is 2. The SMILES string of the molecule is CC1C=C(c2ccc(Br)c3ccccc23)C(=O)O1. The molecule has 1 atom stereocenters. The van der Waals surface area contributed by atoms with Gasteiger partial charge < -0.3 is 4.74 Å². The van der Waals surface area contributed by atoms with Gasteiger partial charge in [-0.25, -0.2) is 4.79 Å². The molecule has 0 saturated carbocycles. The lowest BCUT2D eigenvalue weighted by molar-refractivity contribution is -0.137. The van der Waals surface area contributed by atoms with E-state index in [4.69, 9.17) is 4.74 Å². The van der Waals surface area contributed by atoms with Crippen LogP contribution in [0, 0.1) is 0 Å². The third-order valence-corrected chi connectivity index (χ3v) is 3.77. The molecule has 0 fully saturated rings. The van der Waals surface area contributed by atoms with Crippen LogP contribution in [0.25, 0.3) is 16.3 Å². The molecule has 0 spiro atoms. The molecule has 3 heteroatoms. The van der Waals surface area contributed by atoms with Crippen LogP contribution in [0.4, 0.5) is 0 Å². The van der Waals surface area contributed by atoms with Crippen LogP contribution < -0.4 is 0 Å². The summed E-state index contributed by atoms with van der Waals surface area (Å²) in [6.07, 6.45) is 1.73. The number of hydrogen-bond acceptors (Lipinski definition) is 2. The molecule has 90 valence electrons. The van der Waals surface area contributed by atoms with E-state index in [1.165, 1.54) is 0 Å². The number of hydrogen-bond donors (Lipinski definition) is 0. The summed E-state index contributed by atoms with van der Waals surface area (Å²) in [7, 11) is 0. The maximum atomic E-state index is 11.8. The van der Waals surface area contributed by atoms with Gasteiger partial charge >= 0.3 is 5.97 Å². The molecule has 0 bridgehead atoms. The smallest absolute Gasteiger partial charge is 0.339 e. The first-order valence-electron chi connectivity index (χ1n) is 5.77. The number of halogens is 1. The summed E-state index contributed by atoms with van der Waals surface area (Å²) in [4.78, 5) is 11.8. The normalized spacial score (nSPS) is 18.9. The molecule has 1 aliphatic rings. The van der Waals surface area contributed by atoms with Crippen LogP contribution >= 0.6 is 15.9 Å². The summed E-state index contributed by atoms with van der Waals surface area (Å²) < 4.78 is 6.19. The minimum absolute atomic E-state index is 0.144. The second-order valence-corrected chi connectivity index (χ2v) is 5.19. The average Bonchev–Trinajstić information content (AvgIpc) is 2.69. The number of fused-ring (bicyclic) bond motifs is 1. The van der Waals surface area contributed by atoms with Crippen molar-refractivity contribution >= 4 is 38.2 Å². The van der Waals surface area contributed by atoms with E-state index in [9.17, 15) is 4.79 Å². The zero-order valence-corrected chi connectivity index (χ0v) is 11.4. The quantitative estimate of drug-likeness (QED) is 0.746. The molecule has 2 nitrogen and oxygen atoms in total. The van der Waals surface area contributed by atoms with Gasteiger partial charge in [-0.2, -0.15) is 0 Å². The summed E-state index contributed by atoms with van der Waals surface area (Å²) >= 11 is 3.53. The van der Waals surface area contributed by atoms with E-state index in [0.717, 1.165) is 20.8 Å². The first-order chi connectivity index (χ1) is 8.66. The molecule has 0 saturated heterocycles. The Bertz CT molecular complexity index is 673. The first kappa shape index (κ1) is 11.5. The lowest BCUT2D eigenvalue weighted by atomic mass is 9.98. The van der Waals surface area contributed by atoms with Crippen molar-refractivity contribution in [3.8, 4) is 0 Å². The second kappa shape index (κ2) is 4.25. The average molecular weight is 303 g/mol. The number of esters is 1. The number of carbonyl (C=O) groups is 1. The Balaban J connectivity index is 2.28. The standard InChI is InChI=1S/C15H11BrO2/c1-9-8-13(15(17)18-9)11-6-7-14(16)12-5-3-2-4-10(11)12/h2-9H,1H3. The number of rotatable bonds is 1. The largest absolute Gasteiger partial charge is 0.455 e. The number of cyclic esters (lactones) is 1. The Morgan fingerprint density at radius 2 is 1.83 bits per heavy atom. The van der Waals surface area contributed by atoms with Crippen LogP contribution in [-0.4, -0.2) is 12.1 Å². The highest BCUT2D eigenvalue weighted by molar-refractivity contribution is 9.10. The minimum atomic E-state index is -0.241. The van der Waals surface area contributed by atoms with Crippen molar-refractivity contribution in [2.75, 3.05) is 0 Å². The molecular weight excluding hydrogens is 292 g/mol. The van der Waals surface area contributed by atoms with Gasteiger partial charge in [0.15, 0.2) is 0 Å². The predicted molar refractivity (Wildman–Crippen MR) is 75.2 cm³/mol. The Kier molecular flexibility index (Phi) is 2.71. The Morgan fingerprint density at radius 3 is 2.50 bits per heavy atom. The van der Waals surface area contributed by atoms with Crippen LogP contribution in [0.3, 0.4) is 0 Å². The highest BCUT2D eigenvalue weighted by Gasteiger charge is 2.24. The van der Waals surface area contributed by atoms with Crippen LogP contribution in [0.15, 0.2) is 46.9 Å². The zero-order valence-electron chi connectivity index (χ0n) is 9.81. The lowest BCUT2D eigenvalue weighted by Crippen LogP contribution is -2.03. The van der Waals surface area contributed by atoms with Gasteiger partial charge in [-0.3, -0.25) is 0 Å². The van der Waals surface area contributed by atoms with Gasteiger partial charge in [-0.15, -0.1) is 0 Å². The van der Waals surface area contributed by atoms with Crippen LogP contribution in [-0.2, 0) is 9.53 Å². The van der Waals surface area contributed by atoms with Crippen molar-refractivity contribution in [1.82, 2.24) is 0 Å². The van der Waals surface area contributed by atoms with Gasteiger partial charge in [0.05, 0.1) is 5.57 Å². The van der Waals surface area contributed by atoms with Crippen molar-refractivity contribution in [1.29, 1.82) is 0 Å². The van der Waals surface area contributed by atoms with E-state index >= 15 is 0 Å². The Hall–Kier alpha value is -1.61. The summed E-state index contributed by atoms with van der Waals surface area (Å²) in [5.41, 5.74) is 1.59. The fourth-order valence-corrected chi connectivity index (χ4v) is 2.74. The van der Waals surface area contributed by atoms with Gasteiger partial charge in [0.25, 0.3) is 0 Å². The topological polar surface area (TPSA) is 26.3 Å². The summed E-state index contributed by atoms with van der Waals surface area (Å²) in [6, 6.07) is 11.9. The molecule has 1 heterocycles. The predicted octanol–water partition coefficient (Wildman–Crippen LogP) is 3.93. The highest BCUT2D eigenvalue weighted by atomic mass is 79.9. The fourth-order valence-electron chi connectivity index (χ4n) is 2.27. The monoisotopic (exact) mass is 302 g/mol. The first-order valence-corrected chi connectivity index (χ1v) is 6.56. The molecule has 1 aliphatic heterocycles. The number of carbonyl (C=O) groups excluding carboxylic acids is 1. The summed E-state index contributed by atoms with van der Waals surface area (Å²) in [5.74, 6) is -0.241. The molecule has 0 N–H and O–H groups in total. The van der Waals surface area contributed by atoms with Gasteiger partial charge in [-0.1, -0.05) is 46.3 Å². The maximum absolute atomic E-state index is 11.8. The molecule has 1 unspecified atom stereocenters. The van der Waals surface area contributed by atoms with E-state index in [-0.39, 0.29) is 12.1 Å². The molecule has 2 aromatic carbocycles. The molecular formula is C15H11BrO2. The highest BCUT2D eigenvalue weighted by Crippen LogP contribution is 2.33. The van der Waals surface area contributed by atoms with E-state index in [1.807, 2.05) is 49.4 Å². The minimum Gasteiger partial charge on any atom is -0.455 e. The van der Waals surface area contributed by atoms with Crippen LogP contribution in [0.5, 0.6) is 0 Å². The van der Waals surface area contributed by atoms with Gasteiger partial charge in [-0.05, 0) is 35.4 Å². The molecule has 0 aromatic heterocycles. The zero-order chi connectivity index (χ0) is 12.7. The van der Waals surface area contributed by atoms with E-state index in [2.05, 4.69) is 15.9 Å². The molecule has 0 aliphatic carbocycles. The molecule has 2 aromatic rings. The molecule has 0 amide bonds. The van der Waals surface area contributed by atoms with Crippen molar-refractivity contribution in [2.45, 2.75) is 13.0 Å². The molecule has 18 heavy (non-hydrogen) atoms. The Morgan fingerprint density at radius 1 is 1.11 bits per heavy atom. The van der Waals surface area contributed by atoms with Crippen molar-refractivity contribution in [2.24, 2.45) is 0 Å². The fraction of sp³-hybridized carbons (Fsp3) is 0.133. The molecule has 0 radical (unpaired) electrons. The summed E-state index contributed by atoms with van der Waals surface area (Å²) in [6.45, 7) is 1.87. The number of ether oxygens (including phenoxy) is 1. The van der Waals surface area contributed by atoms with E-state index in [0.29, 0.717) is 5.57 Å².